The summed E-state index contributed by atoms with van der Waals surface area (Å²) in [6, 6.07) is 7.85. The van der Waals surface area contributed by atoms with Gasteiger partial charge in [0.2, 0.25) is 11.1 Å². The van der Waals surface area contributed by atoms with Crippen LogP contribution in [0, 0.1) is 0 Å². The molecule has 11 heteroatoms. The highest BCUT2D eigenvalue weighted by atomic mass is 32.1. The highest BCUT2D eigenvalue weighted by Gasteiger charge is 2.49. The van der Waals surface area contributed by atoms with Crippen LogP contribution < -0.4 is 16.0 Å². The SMILES string of the molecule is CCCC1CC2(CO1)N=C(Nc1nc3ccccc3o1)NC(C)=C2C(=O)Nc1nncs1. The molecule has 2 aliphatic rings. The van der Waals surface area contributed by atoms with E-state index in [2.05, 4.69) is 38.1 Å². The standard InChI is InChI=1S/C21H23N7O3S/c1-3-6-13-9-21(10-30-13)16(17(29)25-20-28-22-11-32-20)12(2)23-18(27-21)26-19-24-14-7-4-5-8-15(14)31-19/h4-5,7-8,11,13H,3,6,9-10H2,1-2H3,(H,25,28,29)(H2,23,24,26,27). The second-order valence-electron chi connectivity index (χ2n) is 7.85. The molecule has 2 aromatic heterocycles. The fourth-order valence-electron chi connectivity index (χ4n) is 4.25. The maximum absolute atomic E-state index is 13.2. The van der Waals surface area contributed by atoms with Gasteiger partial charge in [0, 0.05) is 12.1 Å². The van der Waals surface area contributed by atoms with E-state index in [1.54, 1.807) is 5.51 Å². The average molecular weight is 454 g/mol. The summed E-state index contributed by atoms with van der Waals surface area (Å²) in [6.07, 6.45) is 2.54. The van der Waals surface area contributed by atoms with E-state index in [4.69, 9.17) is 14.1 Å². The molecule has 5 rings (SSSR count). The van der Waals surface area contributed by atoms with Crippen LogP contribution in [0.5, 0.6) is 0 Å². The largest absolute Gasteiger partial charge is 0.423 e. The predicted octanol–water partition coefficient (Wildman–Crippen LogP) is 3.29. The number of guanidine groups is 1. The number of hydrogen-bond acceptors (Lipinski definition) is 10. The molecule has 1 fully saturated rings. The number of anilines is 2. The molecule has 1 saturated heterocycles. The van der Waals surface area contributed by atoms with Gasteiger partial charge in [-0.2, -0.15) is 4.98 Å². The summed E-state index contributed by atoms with van der Waals surface area (Å²) in [5, 5.41) is 17.3. The third-order valence-corrected chi connectivity index (χ3v) is 6.14. The van der Waals surface area contributed by atoms with E-state index < -0.39 is 5.54 Å². The van der Waals surface area contributed by atoms with Crippen molar-refractivity contribution in [3.05, 3.63) is 41.0 Å². The summed E-state index contributed by atoms with van der Waals surface area (Å²) in [4.78, 5) is 22.6. The Balaban J connectivity index is 1.46. The van der Waals surface area contributed by atoms with Crippen molar-refractivity contribution in [3.8, 4) is 0 Å². The number of aliphatic imine (C=N–C) groups is 1. The molecular formula is C21H23N7O3S. The normalized spacial score (nSPS) is 22.8. The molecule has 0 saturated carbocycles. The van der Waals surface area contributed by atoms with Crippen molar-refractivity contribution in [1.29, 1.82) is 0 Å². The van der Waals surface area contributed by atoms with E-state index in [0.29, 0.717) is 47.0 Å². The van der Waals surface area contributed by atoms with E-state index in [-0.39, 0.29) is 12.0 Å². The molecule has 2 atom stereocenters. The highest BCUT2D eigenvalue weighted by molar-refractivity contribution is 7.13. The molecule has 3 aromatic rings. The molecule has 2 aliphatic heterocycles. The van der Waals surface area contributed by atoms with Crippen LogP contribution in [0.3, 0.4) is 0 Å². The monoisotopic (exact) mass is 453 g/mol. The lowest BCUT2D eigenvalue weighted by molar-refractivity contribution is -0.113. The van der Waals surface area contributed by atoms with Gasteiger partial charge in [-0.05, 0) is 25.5 Å². The number of para-hydroxylation sites is 2. The zero-order valence-electron chi connectivity index (χ0n) is 17.7. The number of allylic oxidation sites excluding steroid dienone is 1. The molecule has 0 radical (unpaired) electrons. The Morgan fingerprint density at radius 2 is 2.25 bits per heavy atom. The van der Waals surface area contributed by atoms with Crippen molar-refractivity contribution < 1.29 is 13.9 Å². The fourth-order valence-corrected chi connectivity index (χ4v) is 4.69. The number of hydrogen-bond donors (Lipinski definition) is 3. The first-order chi connectivity index (χ1) is 15.6. The molecule has 1 spiro atoms. The van der Waals surface area contributed by atoms with Crippen molar-refractivity contribution in [3.63, 3.8) is 0 Å². The van der Waals surface area contributed by atoms with Gasteiger partial charge in [-0.25, -0.2) is 4.99 Å². The second-order valence-corrected chi connectivity index (χ2v) is 8.69. The zero-order chi connectivity index (χ0) is 22.1. The van der Waals surface area contributed by atoms with Gasteiger partial charge in [0.15, 0.2) is 5.58 Å². The van der Waals surface area contributed by atoms with Crippen LogP contribution in [0.2, 0.25) is 0 Å². The summed E-state index contributed by atoms with van der Waals surface area (Å²) in [6.45, 7) is 4.28. The van der Waals surface area contributed by atoms with Crippen LogP contribution in [-0.2, 0) is 9.53 Å². The van der Waals surface area contributed by atoms with Gasteiger partial charge in [0.1, 0.15) is 16.6 Å². The Morgan fingerprint density at radius 1 is 1.38 bits per heavy atom. The molecule has 0 aliphatic carbocycles. The van der Waals surface area contributed by atoms with Crippen LogP contribution in [0.4, 0.5) is 11.1 Å². The minimum absolute atomic E-state index is 0.0320. The molecule has 32 heavy (non-hydrogen) atoms. The van der Waals surface area contributed by atoms with Gasteiger partial charge in [0.25, 0.3) is 5.91 Å². The van der Waals surface area contributed by atoms with Crippen LogP contribution >= 0.6 is 11.3 Å². The molecule has 166 valence electrons. The first kappa shape index (κ1) is 20.6. The summed E-state index contributed by atoms with van der Waals surface area (Å²) in [5.41, 5.74) is 3.40. The first-order valence-electron chi connectivity index (χ1n) is 10.5. The summed E-state index contributed by atoms with van der Waals surface area (Å²) in [5.74, 6) is 0.194. The average Bonchev–Trinajstić information content (AvgIpc) is 3.48. The van der Waals surface area contributed by atoms with Gasteiger partial charge in [0.05, 0.1) is 18.3 Å². The van der Waals surface area contributed by atoms with E-state index in [1.165, 1.54) is 11.3 Å². The topological polar surface area (TPSA) is 127 Å². The number of benzene rings is 1. The molecule has 1 aromatic carbocycles. The maximum atomic E-state index is 13.2. The number of nitrogens with zero attached hydrogens (tertiary/aromatic N) is 4. The van der Waals surface area contributed by atoms with E-state index >= 15 is 0 Å². The van der Waals surface area contributed by atoms with Gasteiger partial charge in [-0.15, -0.1) is 10.2 Å². The highest BCUT2D eigenvalue weighted by Crippen LogP contribution is 2.40. The second kappa shape index (κ2) is 8.32. The number of nitrogens with one attached hydrogen (secondary N) is 3. The number of ether oxygens (including phenoxy) is 1. The minimum Gasteiger partial charge on any atom is -0.423 e. The number of carbonyl (C=O) groups is 1. The smallest absolute Gasteiger partial charge is 0.302 e. The molecule has 0 bridgehead atoms. The lowest BCUT2D eigenvalue weighted by Crippen LogP contribution is -2.47. The number of rotatable bonds is 5. The Morgan fingerprint density at radius 3 is 3.03 bits per heavy atom. The van der Waals surface area contributed by atoms with Crippen LogP contribution in [0.25, 0.3) is 11.1 Å². The van der Waals surface area contributed by atoms with Crippen LogP contribution in [0.15, 0.2) is 50.5 Å². The molecule has 4 heterocycles. The lowest BCUT2D eigenvalue weighted by atomic mass is 9.84. The van der Waals surface area contributed by atoms with E-state index in [0.717, 1.165) is 18.4 Å². The van der Waals surface area contributed by atoms with Crippen molar-refractivity contribution >= 4 is 45.4 Å². The summed E-state index contributed by atoms with van der Waals surface area (Å²) >= 11 is 1.26. The molecule has 1 amide bonds. The fraction of sp³-hybridized carbons (Fsp3) is 0.381. The number of aromatic nitrogens is 3. The Hall–Kier alpha value is -3.31. The lowest BCUT2D eigenvalue weighted by Gasteiger charge is -2.33. The third kappa shape index (κ3) is 3.84. The van der Waals surface area contributed by atoms with E-state index in [9.17, 15) is 4.79 Å². The van der Waals surface area contributed by atoms with Crippen LogP contribution in [0.1, 0.15) is 33.1 Å². The Bertz CT molecular complexity index is 1170. The molecule has 10 nitrogen and oxygen atoms in total. The van der Waals surface area contributed by atoms with Crippen molar-refractivity contribution in [1.82, 2.24) is 20.5 Å². The zero-order valence-corrected chi connectivity index (χ0v) is 18.5. The molecular weight excluding hydrogens is 430 g/mol. The van der Waals surface area contributed by atoms with Gasteiger partial charge in [-0.1, -0.05) is 36.8 Å². The molecule has 3 N–H and O–H groups in total. The number of amides is 1. The molecule has 2 unspecified atom stereocenters. The van der Waals surface area contributed by atoms with Gasteiger partial charge >= 0.3 is 6.01 Å². The number of carbonyl (C=O) groups excluding carboxylic acids is 1. The number of oxazole rings is 1. The van der Waals surface area contributed by atoms with Crippen molar-refractivity contribution in [2.75, 3.05) is 17.2 Å². The number of fused-ring (bicyclic) bond motifs is 1. The van der Waals surface area contributed by atoms with Crippen molar-refractivity contribution in [2.45, 2.75) is 44.8 Å². The first-order valence-corrected chi connectivity index (χ1v) is 11.3. The summed E-state index contributed by atoms with van der Waals surface area (Å²) in [7, 11) is 0. The quantitative estimate of drug-likeness (QED) is 0.537. The Labute approximate surface area is 188 Å². The van der Waals surface area contributed by atoms with Gasteiger partial charge in [-0.3, -0.25) is 15.4 Å². The predicted molar refractivity (Wildman–Crippen MR) is 121 cm³/mol. The third-order valence-electron chi connectivity index (χ3n) is 5.53. The van der Waals surface area contributed by atoms with Gasteiger partial charge < -0.3 is 14.5 Å². The van der Waals surface area contributed by atoms with E-state index in [1.807, 2.05) is 31.2 Å². The Kier molecular flexibility index (Phi) is 5.35. The minimum atomic E-state index is -0.821. The maximum Gasteiger partial charge on any atom is 0.302 e. The van der Waals surface area contributed by atoms with Crippen molar-refractivity contribution in [2.24, 2.45) is 4.99 Å². The summed E-state index contributed by atoms with van der Waals surface area (Å²) < 4.78 is 11.8. The van der Waals surface area contributed by atoms with Crippen LogP contribution in [-0.4, -0.2) is 45.3 Å².